The lowest BCUT2D eigenvalue weighted by molar-refractivity contribution is -0.940. The number of quaternary nitrogens is 1. The van der Waals surface area contributed by atoms with E-state index in [-0.39, 0.29) is 0 Å². The van der Waals surface area contributed by atoms with Crippen molar-refractivity contribution in [3.8, 4) is 0 Å². The Kier molecular flexibility index (Phi) is 5.64. The Balaban J connectivity index is 1.86. The molecule has 18 heavy (non-hydrogen) atoms. The third-order valence-corrected chi connectivity index (χ3v) is 6.29. The molecule has 2 heterocycles. The molecular weight excluding hydrogens is 265 g/mol. The molecule has 0 spiro atoms. The zero-order chi connectivity index (χ0) is 13.0. The van der Waals surface area contributed by atoms with Crippen LogP contribution in [0.15, 0.2) is 0 Å². The van der Waals surface area contributed by atoms with Gasteiger partial charge in [-0.25, -0.2) is 0 Å². The molecule has 0 bridgehead atoms. The average Bonchev–Trinajstić information content (AvgIpc) is 2.36. The smallest absolute Gasteiger partial charge is 0.185 e. The van der Waals surface area contributed by atoms with Crippen LogP contribution < -0.4 is 4.90 Å². The summed E-state index contributed by atoms with van der Waals surface area (Å²) in [4.78, 5) is 1.82. The number of hydrogen-bond donors (Lipinski definition) is 1. The van der Waals surface area contributed by atoms with Gasteiger partial charge >= 0.3 is 0 Å². The Bertz CT molecular complexity index is 311. The summed E-state index contributed by atoms with van der Waals surface area (Å²) in [6, 6.07) is 0.823. The first-order valence-corrected chi connectivity index (χ1v) is 10.4. The minimum Gasteiger partial charge on any atom is -0.332 e. The second-order valence-corrected chi connectivity index (χ2v) is 9.70. The summed E-state index contributed by atoms with van der Waals surface area (Å²) < 4.78 is 11.5. The molecule has 2 fully saturated rings. The molecular formula is C13H27NO2PS+. The second-order valence-electron chi connectivity index (χ2n) is 5.65. The molecule has 3 nitrogen and oxygen atoms in total. The van der Waals surface area contributed by atoms with Crippen molar-refractivity contribution in [3.63, 3.8) is 0 Å². The molecule has 0 radical (unpaired) electrons. The normalized spacial score (nSPS) is 35.8. The third-order valence-electron chi connectivity index (χ3n) is 4.32. The molecule has 2 rings (SSSR count). The van der Waals surface area contributed by atoms with E-state index in [9.17, 15) is 0 Å². The number of piperidine rings is 2. The summed E-state index contributed by atoms with van der Waals surface area (Å²) in [5.74, 6) is 0.705. The predicted molar refractivity (Wildman–Crippen MR) is 78.8 cm³/mol. The second kappa shape index (κ2) is 6.81. The Morgan fingerprint density at radius 1 is 1.17 bits per heavy atom. The molecule has 4 atom stereocenters. The van der Waals surface area contributed by atoms with Gasteiger partial charge in [-0.1, -0.05) is 0 Å². The minimum absolute atomic E-state index is 0.666. The van der Waals surface area contributed by atoms with Crippen LogP contribution in [0.3, 0.4) is 0 Å². The highest BCUT2D eigenvalue weighted by atomic mass is 32.5. The van der Waals surface area contributed by atoms with E-state index in [1.54, 1.807) is 0 Å². The van der Waals surface area contributed by atoms with Crippen LogP contribution in [0.4, 0.5) is 0 Å². The van der Waals surface area contributed by atoms with Gasteiger partial charge in [0.1, 0.15) is 0 Å². The van der Waals surface area contributed by atoms with Crippen molar-refractivity contribution in [2.45, 2.75) is 45.1 Å². The van der Waals surface area contributed by atoms with Gasteiger partial charge in [0, 0.05) is 12.6 Å². The van der Waals surface area contributed by atoms with Crippen LogP contribution >= 0.6 is 6.49 Å². The maximum atomic E-state index is 5.95. The van der Waals surface area contributed by atoms with Crippen LogP contribution in [-0.4, -0.2) is 39.0 Å². The van der Waals surface area contributed by atoms with Gasteiger partial charge in [-0.2, -0.15) is 0 Å². The van der Waals surface area contributed by atoms with E-state index < -0.39 is 6.49 Å². The van der Waals surface area contributed by atoms with Gasteiger partial charge in [0.05, 0.1) is 32.3 Å². The number of rotatable bonds is 5. The first kappa shape index (κ1) is 14.9. The van der Waals surface area contributed by atoms with Crippen molar-refractivity contribution in [3.05, 3.63) is 0 Å². The summed E-state index contributed by atoms with van der Waals surface area (Å²) in [7, 11) is 0. The molecule has 2 aliphatic heterocycles. The summed E-state index contributed by atoms with van der Waals surface area (Å²) in [6.07, 6.45) is 6.85. The van der Waals surface area contributed by atoms with E-state index in [0.29, 0.717) is 12.5 Å². The lowest BCUT2D eigenvalue weighted by Gasteiger charge is -2.41. The van der Waals surface area contributed by atoms with Crippen molar-refractivity contribution >= 4 is 18.3 Å². The monoisotopic (exact) mass is 292 g/mol. The summed E-state index contributed by atoms with van der Waals surface area (Å²) >= 11 is 5.42. The van der Waals surface area contributed by atoms with Gasteiger partial charge < -0.3 is 13.9 Å². The number of nitrogens with one attached hydrogen (secondary N) is 1. The molecule has 0 aromatic heterocycles. The Morgan fingerprint density at radius 3 is 2.72 bits per heavy atom. The highest BCUT2D eigenvalue weighted by Gasteiger charge is 2.37. The highest BCUT2D eigenvalue weighted by molar-refractivity contribution is 8.09. The van der Waals surface area contributed by atoms with Crippen LogP contribution in [0.1, 0.15) is 39.0 Å². The van der Waals surface area contributed by atoms with Crippen LogP contribution in [0.5, 0.6) is 0 Å². The fraction of sp³-hybridized carbons (Fsp3) is 1.00. The van der Waals surface area contributed by atoms with Gasteiger partial charge in [-0.05, 0) is 50.8 Å². The van der Waals surface area contributed by atoms with Gasteiger partial charge in [-0.3, -0.25) is 0 Å². The zero-order valence-electron chi connectivity index (χ0n) is 11.7. The van der Waals surface area contributed by atoms with Gasteiger partial charge in [0.15, 0.2) is 6.49 Å². The predicted octanol–water partition coefficient (Wildman–Crippen LogP) is 1.83. The molecule has 1 unspecified atom stereocenters. The zero-order valence-corrected chi connectivity index (χ0v) is 13.4. The van der Waals surface area contributed by atoms with Crippen LogP contribution in [0, 0.1) is 5.92 Å². The average molecular weight is 292 g/mol. The highest BCUT2D eigenvalue weighted by Crippen LogP contribution is 2.45. The van der Waals surface area contributed by atoms with Crippen molar-refractivity contribution < 1.29 is 13.9 Å². The van der Waals surface area contributed by atoms with E-state index in [1.807, 2.05) is 18.5 Å². The van der Waals surface area contributed by atoms with E-state index >= 15 is 0 Å². The molecule has 2 aliphatic rings. The molecule has 0 aromatic rings. The quantitative estimate of drug-likeness (QED) is 0.782. The van der Waals surface area contributed by atoms with Crippen LogP contribution in [0.2, 0.25) is 0 Å². The lowest BCUT2D eigenvalue weighted by atomic mass is 9.84. The Hall–Kier alpha value is 0.530. The fourth-order valence-corrected chi connectivity index (χ4v) is 4.98. The van der Waals surface area contributed by atoms with Crippen LogP contribution in [0.25, 0.3) is 0 Å². The van der Waals surface area contributed by atoms with E-state index in [1.165, 1.54) is 45.2 Å². The minimum atomic E-state index is -1.98. The largest absolute Gasteiger partial charge is 0.332 e. The lowest BCUT2D eigenvalue weighted by Crippen LogP contribution is -3.18. The van der Waals surface area contributed by atoms with Crippen molar-refractivity contribution in [1.82, 2.24) is 0 Å². The summed E-state index contributed by atoms with van der Waals surface area (Å²) in [6.45, 7) is 6.19. The maximum absolute atomic E-state index is 5.95. The van der Waals surface area contributed by atoms with Gasteiger partial charge in [0.2, 0.25) is 0 Å². The topological polar surface area (TPSA) is 22.9 Å². The number of fused-ring (bicyclic) bond motifs is 1. The van der Waals surface area contributed by atoms with Crippen molar-refractivity contribution in [2.24, 2.45) is 5.92 Å². The fourth-order valence-electron chi connectivity index (χ4n) is 3.48. The van der Waals surface area contributed by atoms with Crippen LogP contribution in [-0.2, 0) is 20.9 Å². The number of hydrogen-bond acceptors (Lipinski definition) is 3. The van der Waals surface area contributed by atoms with Gasteiger partial charge in [0.25, 0.3) is 0 Å². The van der Waals surface area contributed by atoms with E-state index in [4.69, 9.17) is 20.9 Å². The van der Waals surface area contributed by atoms with E-state index in [2.05, 4.69) is 0 Å². The molecule has 106 valence electrons. The molecule has 0 aliphatic carbocycles. The molecule has 0 amide bonds. The van der Waals surface area contributed by atoms with Crippen molar-refractivity contribution in [2.75, 3.05) is 33.0 Å². The van der Waals surface area contributed by atoms with E-state index in [0.717, 1.165) is 12.6 Å². The molecule has 0 saturated carbocycles. The summed E-state index contributed by atoms with van der Waals surface area (Å²) in [5, 5.41) is 0. The molecule has 1 N–H and O–H groups in total. The molecule has 0 aromatic carbocycles. The standard InChI is InChI=1S/C13H26NO2PS/c1-3-15-17(2,18)16-11-12-7-6-10-14-9-5-4-8-13(12)14/h12-13H,3-11H2,1-2H3/p+1/t12-,13-,17-/m1/s1. The SMILES string of the molecule is CCO[P@@](C)(=S)OC[C@H]1CCC[NH+]2CCCC[C@H]12. The third kappa shape index (κ3) is 4.01. The molecule has 2 saturated heterocycles. The summed E-state index contributed by atoms with van der Waals surface area (Å²) in [5.41, 5.74) is 0. The first-order chi connectivity index (χ1) is 8.62. The Labute approximate surface area is 116 Å². The first-order valence-electron chi connectivity index (χ1n) is 7.33. The van der Waals surface area contributed by atoms with Crippen molar-refractivity contribution in [1.29, 1.82) is 0 Å². The maximum Gasteiger partial charge on any atom is 0.185 e. The molecule has 5 heteroatoms. The Morgan fingerprint density at radius 2 is 1.94 bits per heavy atom. The van der Waals surface area contributed by atoms with Gasteiger partial charge in [-0.15, -0.1) is 0 Å².